The molecule has 2 amide bonds. The number of fused-ring (bicyclic) bond motifs is 1. The summed E-state index contributed by atoms with van der Waals surface area (Å²) in [5, 5.41) is 13.2. The maximum absolute atomic E-state index is 13.3. The van der Waals surface area contributed by atoms with Crippen molar-refractivity contribution in [3.63, 3.8) is 0 Å². The SMILES string of the molecule is CCn1c(C(=O)Nc2ccc(N3CCN(C(=O)CC(C)(C)C(=O)O)CC3)nc2)cc2c(OCC(C)C)cccc21. The minimum Gasteiger partial charge on any atom is -0.493 e. The fraction of sp³-hybridized carbons (Fsp3) is 0.467. The van der Waals surface area contributed by atoms with Crippen LogP contribution in [0.5, 0.6) is 5.75 Å². The minimum absolute atomic E-state index is 0.0295. The van der Waals surface area contributed by atoms with Crippen LogP contribution in [0.25, 0.3) is 10.9 Å². The highest BCUT2D eigenvalue weighted by Crippen LogP contribution is 2.30. The van der Waals surface area contributed by atoms with Gasteiger partial charge in [0.25, 0.3) is 5.91 Å². The third-order valence-corrected chi connectivity index (χ3v) is 7.16. The molecule has 10 nitrogen and oxygen atoms in total. The Labute approximate surface area is 234 Å². The van der Waals surface area contributed by atoms with Gasteiger partial charge in [-0.05, 0) is 57.0 Å². The molecule has 1 saturated heterocycles. The molecule has 2 aromatic heterocycles. The van der Waals surface area contributed by atoms with Crippen LogP contribution in [0.3, 0.4) is 0 Å². The number of nitrogens with zero attached hydrogens (tertiary/aromatic N) is 4. The van der Waals surface area contributed by atoms with Crippen LogP contribution in [0.1, 0.15) is 51.5 Å². The summed E-state index contributed by atoms with van der Waals surface area (Å²) in [7, 11) is 0. The lowest BCUT2D eigenvalue weighted by Gasteiger charge is -2.36. The van der Waals surface area contributed by atoms with Crippen molar-refractivity contribution in [2.75, 3.05) is 43.0 Å². The van der Waals surface area contributed by atoms with Crippen molar-refractivity contribution in [2.24, 2.45) is 11.3 Å². The number of aryl methyl sites for hydroxylation is 1. The van der Waals surface area contributed by atoms with Crippen molar-refractivity contribution in [3.05, 3.63) is 48.3 Å². The van der Waals surface area contributed by atoms with Gasteiger partial charge in [-0.25, -0.2) is 4.98 Å². The number of carbonyl (C=O) groups is 3. The molecular formula is C30H39N5O5. The summed E-state index contributed by atoms with van der Waals surface area (Å²) < 4.78 is 7.99. The lowest BCUT2D eigenvalue weighted by atomic mass is 9.89. The van der Waals surface area contributed by atoms with Gasteiger partial charge >= 0.3 is 5.97 Å². The summed E-state index contributed by atoms with van der Waals surface area (Å²) in [6.45, 7) is 12.8. The van der Waals surface area contributed by atoms with Gasteiger partial charge in [-0.1, -0.05) is 19.9 Å². The molecule has 1 fully saturated rings. The predicted octanol–water partition coefficient (Wildman–Crippen LogP) is 4.49. The molecule has 0 bridgehead atoms. The van der Waals surface area contributed by atoms with Crippen LogP contribution in [0.4, 0.5) is 11.5 Å². The maximum Gasteiger partial charge on any atom is 0.309 e. The number of pyridine rings is 1. The first-order chi connectivity index (χ1) is 19.0. The van der Waals surface area contributed by atoms with Crippen molar-refractivity contribution in [3.8, 4) is 5.75 Å². The molecule has 0 saturated carbocycles. The quantitative estimate of drug-likeness (QED) is 0.383. The summed E-state index contributed by atoms with van der Waals surface area (Å²) in [5.41, 5.74) is 0.994. The van der Waals surface area contributed by atoms with E-state index in [9.17, 15) is 19.5 Å². The Hall–Kier alpha value is -4.08. The number of carboxylic acid groups (broad SMARTS) is 1. The first-order valence-electron chi connectivity index (χ1n) is 13.8. The molecular weight excluding hydrogens is 510 g/mol. The lowest BCUT2D eigenvalue weighted by Crippen LogP contribution is -2.50. The molecule has 1 aromatic carbocycles. The second kappa shape index (κ2) is 12.0. The van der Waals surface area contributed by atoms with Gasteiger partial charge in [-0.15, -0.1) is 0 Å². The summed E-state index contributed by atoms with van der Waals surface area (Å²) in [6, 6.07) is 11.4. The number of aromatic nitrogens is 2. The van der Waals surface area contributed by atoms with Gasteiger partial charge in [0.05, 0.1) is 29.4 Å². The second-order valence-electron chi connectivity index (χ2n) is 11.3. The first kappa shape index (κ1) is 28.9. The van der Waals surface area contributed by atoms with Crippen LogP contribution >= 0.6 is 0 Å². The van der Waals surface area contributed by atoms with E-state index in [0.29, 0.717) is 56.6 Å². The van der Waals surface area contributed by atoms with E-state index >= 15 is 0 Å². The molecule has 40 heavy (non-hydrogen) atoms. The van der Waals surface area contributed by atoms with E-state index in [1.807, 2.05) is 47.9 Å². The van der Waals surface area contributed by atoms with Crippen molar-refractivity contribution >= 4 is 40.2 Å². The Bertz CT molecular complexity index is 1370. The topological polar surface area (TPSA) is 117 Å². The standard InChI is InChI=1S/C30H39N5O5/c1-6-35-23-8-7-9-25(40-19-20(2)3)22(23)16-24(35)28(37)32-21-10-11-26(31-18-21)33-12-14-34(15-13-33)27(36)17-30(4,5)29(38)39/h7-11,16,18,20H,6,12-15,17,19H2,1-5H3,(H,32,37)(H,38,39). The molecule has 0 unspecified atom stereocenters. The van der Waals surface area contributed by atoms with Crippen molar-refractivity contribution in [1.82, 2.24) is 14.5 Å². The third-order valence-electron chi connectivity index (χ3n) is 7.16. The molecule has 3 aromatic rings. The van der Waals surface area contributed by atoms with E-state index in [4.69, 9.17) is 4.74 Å². The summed E-state index contributed by atoms with van der Waals surface area (Å²) in [4.78, 5) is 45.6. The van der Waals surface area contributed by atoms with Crippen molar-refractivity contribution < 1.29 is 24.2 Å². The fourth-order valence-corrected chi connectivity index (χ4v) is 4.76. The van der Waals surface area contributed by atoms with Crippen LogP contribution < -0.4 is 15.0 Å². The summed E-state index contributed by atoms with van der Waals surface area (Å²) in [5.74, 6) is 0.563. The van der Waals surface area contributed by atoms with Gasteiger partial charge in [0.2, 0.25) is 5.91 Å². The number of aliphatic carboxylic acids is 1. The van der Waals surface area contributed by atoms with Gasteiger partial charge in [-0.2, -0.15) is 0 Å². The second-order valence-corrected chi connectivity index (χ2v) is 11.3. The predicted molar refractivity (Wildman–Crippen MR) is 155 cm³/mol. The van der Waals surface area contributed by atoms with Gasteiger partial charge in [0.1, 0.15) is 17.3 Å². The Morgan fingerprint density at radius 2 is 1.82 bits per heavy atom. The number of amides is 2. The number of carboxylic acids is 1. The Morgan fingerprint density at radius 1 is 1.10 bits per heavy atom. The van der Waals surface area contributed by atoms with Crippen LogP contribution in [-0.2, 0) is 16.1 Å². The summed E-state index contributed by atoms with van der Waals surface area (Å²) in [6.07, 6.45) is 1.61. The number of ether oxygens (including phenoxy) is 1. The molecule has 1 aliphatic heterocycles. The third kappa shape index (κ3) is 6.38. The molecule has 0 radical (unpaired) electrons. The average Bonchev–Trinajstić information content (AvgIpc) is 3.31. The summed E-state index contributed by atoms with van der Waals surface area (Å²) >= 11 is 0. The zero-order chi connectivity index (χ0) is 29.0. The number of benzene rings is 1. The van der Waals surface area contributed by atoms with Crippen molar-refractivity contribution in [2.45, 2.75) is 47.6 Å². The average molecular weight is 550 g/mol. The molecule has 2 N–H and O–H groups in total. The first-order valence-corrected chi connectivity index (χ1v) is 13.8. The largest absolute Gasteiger partial charge is 0.493 e. The number of rotatable bonds is 10. The highest BCUT2D eigenvalue weighted by Gasteiger charge is 2.33. The maximum atomic E-state index is 13.3. The molecule has 10 heteroatoms. The highest BCUT2D eigenvalue weighted by atomic mass is 16.5. The normalized spacial score (nSPS) is 14.1. The van der Waals surface area contributed by atoms with Crippen LogP contribution in [0.15, 0.2) is 42.6 Å². The van der Waals surface area contributed by atoms with Gasteiger partial charge in [-0.3, -0.25) is 14.4 Å². The van der Waals surface area contributed by atoms with Gasteiger partial charge in [0, 0.05) is 44.5 Å². The van der Waals surface area contributed by atoms with Crippen LogP contribution in [-0.4, -0.2) is 70.1 Å². The van der Waals surface area contributed by atoms with Crippen molar-refractivity contribution in [1.29, 1.82) is 0 Å². The minimum atomic E-state index is -1.09. The van der Waals surface area contributed by atoms with E-state index in [0.717, 1.165) is 22.5 Å². The molecule has 4 rings (SSSR count). The molecule has 0 atom stereocenters. The number of hydrogen-bond donors (Lipinski definition) is 2. The molecule has 3 heterocycles. The Morgan fingerprint density at radius 3 is 2.42 bits per heavy atom. The highest BCUT2D eigenvalue weighted by molar-refractivity contribution is 6.07. The van der Waals surface area contributed by atoms with E-state index < -0.39 is 11.4 Å². The molecule has 1 aliphatic rings. The smallest absolute Gasteiger partial charge is 0.309 e. The van der Waals surface area contributed by atoms with Gasteiger partial charge in [0.15, 0.2) is 0 Å². The van der Waals surface area contributed by atoms with Crippen LogP contribution in [0.2, 0.25) is 0 Å². The van der Waals surface area contributed by atoms with Gasteiger partial charge < -0.3 is 29.5 Å². The molecule has 0 aliphatic carbocycles. The lowest BCUT2D eigenvalue weighted by molar-refractivity contribution is -0.151. The fourth-order valence-electron chi connectivity index (χ4n) is 4.76. The van der Waals surface area contributed by atoms with E-state index in [1.165, 1.54) is 0 Å². The molecule has 214 valence electrons. The van der Waals surface area contributed by atoms with E-state index in [2.05, 4.69) is 29.0 Å². The zero-order valence-electron chi connectivity index (χ0n) is 23.9. The number of nitrogens with one attached hydrogen (secondary N) is 1. The number of piperazine rings is 1. The Balaban J connectivity index is 1.39. The molecule has 0 spiro atoms. The number of carbonyl (C=O) groups excluding carboxylic acids is 2. The van der Waals surface area contributed by atoms with Crippen LogP contribution in [0, 0.1) is 11.3 Å². The number of hydrogen-bond acceptors (Lipinski definition) is 6. The van der Waals surface area contributed by atoms with E-state index in [-0.39, 0.29) is 18.2 Å². The zero-order valence-corrected chi connectivity index (χ0v) is 23.9. The van der Waals surface area contributed by atoms with E-state index in [1.54, 1.807) is 24.9 Å². The Kier molecular flexibility index (Phi) is 8.66. The number of anilines is 2. The monoisotopic (exact) mass is 549 g/mol.